The molecule has 0 aliphatic rings. The molecule has 0 aliphatic carbocycles. The molecule has 0 spiro atoms. The van der Waals surface area contributed by atoms with E-state index in [2.05, 4.69) is 0 Å². The summed E-state index contributed by atoms with van der Waals surface area (Å²) in [7, 11) is 0. The molecule has 0 bridgehead atoms. The Morgan fingerprint density at radius 3 is 2.22 bits per heavy atom. The first kappa shape index (κ1) is 15.0. The van der Waals surface area contributed by atoms with Gasteiger partial charge in [0.2, 0.25) is 0 Å². The third kappa shape index (κ3) is 2.73. The SMILES string of the molecule is O=C(c1cc(O)cc2cc(-c3ccc(O)cc3)oc12)C(F)(F)F. The van der Waals surface area contributed by atoms with Crippen molar-refractivity contribution in [2.24, 2.45) is 0 Å². The lowest BCUT2D eigenvalue weighted by Gasteiger charge is -2.06. The van der Waals surface area contributed by atoms with Crippen LogP contribution >= 0.6 is 0 Å². The predicted molar refractivity (Wildman–Crippen MR) is 75.4 cm³/mol. The number of carbonyl (C=O) groups is 1. The molecule has 0 amide bonds. The van der Waals surface area contributed by atoms with Crippen molar-refractivity contribution in [2.45, 2.75) is 6.18 Å². The second-order valence-electron chi connectivity index (χ2n) is 4.90. The van der Waals surface area contributed by atoms with E-state index >= 15 is 0 Å². The van der Waals surface area contributed by atoms with Crippen LogP contribution in [0.25, 0.3) is 22.3 Å². The maximum absolute atomic E-state index is 12.7. The fraction of sp³-hybridized carbons (Fsp3) is 0.0625. The third-order valence-electron chi connectivity index (χ3n) is 3.25. The smallest absolute Gasteiger partial charge is 0.455 e. The summed E-state index contributed by atoms with van der Waals surface area (Å²) in [6, 6.07) is 9.15. The molecular weight excluding hydrogens is 313 g/mol. The van der Waals surface area contributed by atoms with E-state index in [1.165, 1.54) is 36.4 Å². The van der Waals surface area contributed by atoms with E-state index < -0.39 is 23.3 Å². The van der Waals surface area contributed by atoms with Gasteiger partial charge in [-0.05, 0) is 42.5 Å². The number of ketones is 1. The minimum absolute atomic E-state index is 0.0236. The molecule has 3 aromatic rings. The first-order chi connectivity index (χ1) is 10.8. The van der Waals surface area contributed by atoms with E-state index in [4.69, 9.17) is 4.42 Å². The summed E-state index contributed by atoms with van der Waals surface area (Å²) < 4.78 is 43.4. The van der Waals surface area contributed by atoms with Gasteiger partial charge < -0.3 is 14.6 Å². The molecule has 0 aliphatic heterocycles. The number of fused-ring (bicyclic) bond motifs is 1. The second kappa shape index (κ2) is 5.05. The van der Waals surface area contributed by atoms with Crippen LogP contribution in [-0.4, -0.2) is 22.2 Å². The Kier molecular flexibility index (Phi) is 3.28. The Morgan fingerprint density at radius 2 is 1.61 bits per heavy atom. The van der Waals surface area contributed by atoms with Crippen LogP contribution in [0.5, 0.6) is 11.5 Å². The zero-order valence-corrected chi connectivity index (χ0v) is 11.4. The predicted octanol–water partition coefficient (Wildman–Crippen LogP) is 4.26. The van der Waals surface area contributed by atoms with E-state index in [1.54, 1.807) is 0 Å². The molecule has 0 saturated carbocycles. The van der Waals surface area contributed by atoms with E-state index in [0.29, 0.717) is 5.56 Å². The minimum atomic E-state index is -5.08. The first-order valence-electron chi connectivity index (χ1n) is 6.43. The fourth-order valence-corrected chi connectivity index (χ4v) is 2.23. The standard InChI is InChI=1S/C16H9F3O4/c17-16(18,19)15(22)12-7-11(21)5-9-6-13(23-14(9)12)8-1-3-10(20)4-2-8/h1-7,20-21H. The summed E-state index contributed by atoms with van der Waals surface area (Å²) in [6.07, 6.45) is -5.08. The molecule has 0 atom stereocenters. The Bertz CT molecular complexity index is 892. The van der Waals surface area contributed by atoms with Gasteiger partial charge in [0.05, 0.1) is 5.56 Å². The van der Waals surface area contributed by atoms with Crippen LogP contribution in [0.2, 0.25) is 0 Å². The quantitative estimate of drug-likeness (QED) is 0.692. The first-order valence-corrected chi connectivity index (χ1v) is 6.43. The molecular formula is C16H9F3O4. The number of hydrogen-bond acceptors (Lipinski definition) is 4. The Balaban J connectivity index is 2.19. The van der Waals surface area contributed by atoms with Gasteiger partial charge in [-0.1, -0.05) is 0 Å². The maximum atomic E-state index is 12.7. The number of carbonyl (C=O) groups excluding carboxylic acids is 1. The number of halogens is 3. The van der Waals surface area contributed by atoms with Crippen molar-refractivity contribution < 1.29 is 32.6 Å². The number of benzene rings is 2. The van der Waals surface area contributed by atoms with Crippen LogP contribution in [0.1, 0.15) is 10.4 Å². The van der Waals surface area contributed by atoms with Crippen LogP contribution in [0.15, 0.2) is 46.9 Å². The number of phenolic OH excluding ortho intramolecular Hbond substituents is 2. The molecule has 7 heteroatoms. The summed E-state index contributed by atoms with van der Waals surface area (Å²) >= 11 is 0. The number of aromatic hydroxyl groups is 2. The van der Waals surface area contributed by atoms with E-state index in [-0.39, 0.29) is 22.5 Å². The van der Waals surface area contributed by atoms with Gasteiger partial charge in [-0.3, -0.25) is 4.79 Å². The van der Waals surface area contributed by atoms with Gasteiger partial charge in [0.1, 0.15) is 22.8 Å². The van der Waals surface area contributed by atoms with Gasteiger partial charge in [0, 0.05) is 10.9 Å². The van der Waals surface area contributed by atoms with Gasteiger partial charge in [-0.25, -0.2) is 0 Å². The van der Waals surface area contributed by atoms with Crippen molar-refractivity contribution in [3.05, 3.63) is 48.0 Å². The largest absolute Gasteiger partial charge is 0.508 e. The number of alkyl halides is 3. The van der Waals surface area contributed by atoms with Crippen molar-refractivity contribution in [1.29, 1.82) is 0 Å². The topological polar surface area (TPSA) is 70.7 Å². The zero-order chi connectivity index (χ0) is 16.8. The van der Waals surface area contributed by atoms with Gasteiger partial charge in [0.15, 0.2) is 0 Å². The van der Waals surface area contributed by atoms with Crippen LogP contribution in [0, 0.1) is 0 Å². The molecule has 23 heavy (non-hydrogen) atoms. The molecule has 0 fully saturated rings. The van der Waals surface area contributed by atoms with Crippen LogP contribution < -0.4 is 0 Å². The Morgan fingerprint density at radius 1 is 0.957 bits per heavy atom. The molecule has 1 aromatic heterocycles. The van der Waals surface area contributed by atoms with E-state index in [9.17, 15) is 28.2 Å². The van der Waals surface area contributed by atoms with E-state index in [1.807, 2.05) is 0 Å². The number of phenols is 2. The Labute approximate surface area is 127 Å². The highest BCUT2D eigenvalue weighted by Crippen LogP contribution is 2.35. The number of Topliss-reactive ketones (excluding diaryl/α,β-unsaturated/α-hetero) is 1. The summed E-state index contributed by atoms with van der Waals surface area (Å²) in [6.45, 7) is 0. The summed E-state index contributed by atoms with van der Waals surface area (Å²) in [5.74, 6) is -2.33. The molecule has 3 rings (SSSR count). The summed E-state index contributed by atoms with van der Waals surface area (Å²) in [5, 5.41) is 19.0. The molecule has 1 heterocycles. The van der Waals surface area contributed by atoms with Crippen molar-refractivity contribution in [3.8, 4) is 22.8 Å². The van der Waals surface area contributed by atoms with E-state index in [0.717, 1.165) is 6.07 Å². The summed E-state index contributed by atoms with van der Waals surface area (Å²) in [4.78, 5) is 11.5. The molecule has 118 valence electrons. The lowest BCUT2D eigenvalue weighted by molar-refractivity contribution is -0.0884. The highest BCUT2D eigenvalue weighted by molar-refractivity contribution is 6.10. The third-order valence-corrected chi connectivity index (χ3v) is 3.25. The Hall–Kier alpha value is -2.96. The zero-order valence-electron chi connectivity index (χ0n) is 11.4. The molecule has 0 unspecified atom stereocenters. The minimum Gasteiger partial charge on any atom is -0.508 e. The fourth-order valence-electron chi connectivity index (χ4n) is 2.23. The van der Waals surface area contributed by atoms with Gasteiger partial charge in [-0.2, -0.15) is 13.2 Å². The van der Waals surface area contributed by atoms with Crippen molar-refractivity contribution >= 4 is 16.8 Å². The maximum Gasteiger partial charge on any atom is 0.455 e. The molecule has 2 N–H and O–H groups in total. The molecule has 0 radical (unpaired) electrons. The second-order valence-corrected chi connectivity index (χ2v) is 4.90. The normalized spacial score (nSPS) is 11.8. The van der Waals surface area contributed by atoms with Gasteiger partial charge in [0.25, 0.3) is 5.78 Å². The number of rotatable bonds is 2. The van der Waals surface area contributed by atoms with Gasteiger partial charge in [-0.15, -0.1) is 0 Å². The average molecular weight is 322 g/mol. The monoisotopic (exact) mass is 322 g/mol. The van der Waals surface area contributed by atoms with Crippen molar-refractivity contribution in [2.75, 3.05) is 0 Å². The van der Waals surface area contributed by atoms with Crippen LogP contribution in [0.4, 0.5) is 13.2 Å². The molecule has 4 nitrogen and oxygen atoms in total. The average Bonchev–Trinajstić information content (AvgIpc) is 2.89. The highest BCUT2D eigenvalue weighted by atomic mass is 19.4. The molecule has 2 aromatic carbocycles. The van der Waals surface area contributed by atoms with Crippen molar-refractivity contribution in [3.63, 3.8) is 0 Å². The highest BCUT2D eigenvalue weighted by Gasteiger charge is 2.41. The summed E-state index contributed by atoms with van der Waals surface area (Å²) in [5.41, 5.74) is -0.505. The van der Waals surface area contributed by atoms with Crippen LogP contribution in [-0.2, 0) is 0 Å². The van der Waals surface area contributed by atoms with Gasteiger partial charge >= 0.3 is 6.18 Å². The lowest BCUT2D eigenvalue weighted by Crippen LogP contribution is -2.22. The number of furan rings is 1. The lowest BCUT2D eigenvalue weighted by atomic mass is 10.1. The van der Waals surface area contributed by atoms with Crippen LogP contribution in [0.3, 0.4) is 0 Å². The van der Waals surface area contributed by atoms with Crippen molar-refractivity contribution in [1.82, 2.24) is 0 Å². The molecule has 0 saturated heterocycles. The number of hydrogen-bond donors (Lipinski definition) is 2.